The van der Waals surface area contributed by atoms with Crippen LogP contribution in [0.3, 0.4) is 0 Å². The van der Waals surface area contributed by atoms with Gasteiger partial charge >= 0.3 is 0 Å². The summed E-state index contributed by atoms with van der Waals surface area (Å²) in [5, 5.41) is 0. The summed E-state index contributed by atoms with van der Waals surface area (Å²) >= 11 is 3.60. The van der Waals surface area contributed by atoms with Crippen LogP contribution in [0.5, 0.6) is 5.75 Å². The molecule has 2 N–H and O–H groups in total. The lowest BCUT2D eigenvalue weighted by atomic mass is 9.85. The van der Waals surface area contributed by atoms with E-state index in [9.17, 15) is 0 Å². The van der Waals surface area contributed by atoms with E-state index in [1.165, 1.54) is 11.1 Å². The molecule has 1 atom stereocenters. The molecule has 2 nitrogen and oxygen atoms in total. The van der Waals surface area contributed by atoms with Crippen molar-refractivity contribution in [2.75, 3.05) is 7.11 Å². The molecule has 2 aromatic carbocycles. The van der Waals surface area contributed by atoms with Gasteiger partial charge in [0.25, 0.3) is 0 Å². The molecule has 0 amide bonds. The molecular formula is C18H22BrNO. The van der Waals surface area contributed by atoms with Crippen LogP contribution in [0.2, 0.25) is 0 Å². The minimum absolute atomic E-state index is 0.423. The van der Waals surface area contributed by atoms with Gasteiger partial charge in [0.1, 0.15) is 5.75 Å². The van der Waals surface area contributed by atoms with Crippen molar-refractivity contribution in [3.05, 3.63) is 63.1 Å². The van der Waals surface area contributed by atoms with Gasteiger partial charge in [0.05, 0.1) is 7.11 Å². The molecule has 0 aliphatic heterocycles. The zero-order valence-corrected chi connectivity index (χ0v) is 14.6. The standard InChI is InChI=1S/C18H22BrNO/c1-12-5-6-15(9-13(12)2)18(3,20)11-14-10-16(21-4)7-8-17(14)19/h5-10H,11,20H2,1-4H3. The maximum absolute atomic E-state index is 6.59. The van der Waals surface area contributed by atoms with E-state index in [2.05, 4.69) is 54.9 Å². The zero-order chi connectivity index (χ0) is 15.6. The van der Waals surface area contributed by atoms with Crippen LogP contribution in [-0.4, -0.2) is 7.11 Å². The first-order valence-electron chi connectivity index (χ1n) is 7.02. The van der Waals surface area contributed by atoms with Crippen LogP contribution in [0.1, 0.15) is 29.2 Å². The predicted octanol–water partition coefficient (Wildman–Crippen LogP) is 4.49. The highest BCUT2D eigenvalue weighted by molar-refractivity contribution is 9.10. The highest BCUT2D eigenvalue weighted by Gasteiger charge is 2.23. The number of benzene rings is 2. The number of hydrogen-bond donors (Lipinski definition) is 1. The van der Waals surface area contributed by atoms with Gasteiger partial charge in [-0.25, -0.2) is 0 Å². The lowest BCUT2D eigenvalue weighted by Gasteiger charge is -2.27. The van der Waals surface area contributed by atoms with E-state index >= 15 is 0 Å². The van der Waals surface area contributed by atoms with E-state index in [4.69, 9.17) is 10.5 Å². The molecule has 2 aromatic rings. The Morgan fingerprint density at radius 2 is 1.81 bits per heavy atom. The van der Waals surface area contributed by atoms with Gasteiger partial charge in [-0.15, -0.1) is 0 Å². The third kappa shape index (κ3) is 3.66. The van der Waals surface area contributed by atoms with Crippen LogP contribution < -0.4 is 10.5 Å². The van der Waals surface area contributed by atoms with Crippen molar-refractivity contribution in [2.24, 2.45) is 5.73 Å². The number of ether oxygens (including phenoxy) is 1. The maximum atomic E-state index is 6.59. The van der Waals surface area contributed by atoms with Gasteiger partial charge in [-0.3, -0.25) is 0 Å². The van der Waals surface area contributed by atoms with Crippen LogP contribution in [0.25, 0.3) is 0 Å². The largest absolute Gasteiger partial charge is 0.497 e. The van der Waals surface area contributed by atoms with E-state index in [-0.39, 0.29) is 0 Å². The minimum Gasteiger partial charge on any atom is -0.497 e. The number of aryl methyl sites for hydroxylation is 2. The zero-order valence-electron chi connectivity index (χ0n) is 13.0. The molecule has 0 spiro atoms. The summed E-state index contributed by atoms with van der Waals surface area (Å²) in [4.78, 5) is 0. The molecule has 0 fully saturated rings. The Balaban J connectivity index is 2.34. The maximum Gasteiger partial charge on any atom is 0.119 e. The predicted molar refractivity (Wildman–Crippen MR) is 91.9 cm³/mol. The van der Waals surface area contributed by atoms with Gasteiger partial charge in [0.2, 0.25) is 0 Å². The SMILES string of the molecule is COc1ccc(Br)c(CC(C)(N)c2ccc(C)c(C)c2)c1. The average molecular weight is 348 g/mol. The van der Waals surface area contributed by atoms with Gasteiger partial charge in [-0.05, 0) is 67.6 Å². The van der Waals surface area contributed by atoms with Gasteiger partial charge in [0.15, 0.2) is 0 Å². The Morgan fingerprint density at radius 1 is 1.10 bits per heavy atom. The number of rotatable bonds is 4. The minimum atomic E-state index is -0.423. The smallest absolute Gasteiger partial charge is 0.119 e. The lowest BCUT2D eigenvalue weighted by Crippen LogP contribution is -2.35. The first-order chi connectivity index (χ1) is 9.83. The molecule has 0 aliphatic carbocycles. The first-order valence-corrected chi connectivity index (χ1v) is 7.82. The number of nitrogens with two attached hydrogens (primary N) is 1. The number of hydrogen-bond acceptors (Lipinski definition) is 2. The second-order valence-electron chi connectivity index (χ2n) is 5.85. The molecule has 0 aliphatic rings. The van der Waals surface area contributed by atoms with E-state index < -0.39 is 5.54 Å². The van der Waals surface area contributed by atoms with Crippen LogP contribution >= 0.6 is 15.9 Å². The molecule has 21 heavy (non-hydrogen) atoms. The second-order valence-corrected chi connectivity index (χ2v) is 6.70. The molecule has 0 saturated carbocycles. The summed E-state index contributed by atoms with van der Waals surface area (Å²) < 4.78 is 6.36. The highest BCUT2D eigenvalue weighted by atomic mass is 79.9. The monoisotopic (exact) mass is 347 g/mol. The molecule has 112 valence electrons. The molecule has 2 rings (SSSR count). The second kappa shape index (κ2) is 6.20. The summed E-state index contributed by atoms with van der Waals surface area (Å²) in [5.74, 6) is 0.851. The van der Waals surface area contributed by atoms with Crippen molar-refractivity contribution >= 4 is 15.9 Å². The summed E-state index contributed by atoms with van der Waals surface area (Å²) in [6.45, 7) is 6.31. The van der Waals surface area contributed by atoms with E-state index in [0.29, 0.717) is 0 Å². The topological polar surface area (TPSA) is 35.2 Å². The van der Waals surface area contributed by atoms with E-state index in [1.54, 1.807) is 7.11 Å². The summed E-state index contributed by atoms with van der Waals surface area (Å²) in [5.41, 5.74) is 11.0. The fourth-order valence-corrected chi connectivity index (χ4v) is 2.79. The Kier molecular flexibility index (Phi) is 4.74. The summed E-state index contributed by atoms with van der Waals surface area (Å²) in [7, 11) is 1.68. The summed E-state index contributed by atoms with van der Waals surface area (Å²) in [6.07, 6.45) is 0.743. The van der Waals surface area contributed by atoms with Gasteiger partial charge < -0.3 is 10.5 Å². The van der Waals surface area contributed by atoms with Crippen molar-refractivity contribution in [3.8, 4) is 5.75 Å². The van der Waals surface area contributed by atoms with E-state index in [0.717, 1.165) is 27.8 Å². The highest BCUT2D eigenvalue weighted by Crippen LogP contribution is 2.30. The fraction of sp³-hybridized carbons (Fsp3) is 0.333. The molecule has 0 radical (unpaired) electrons. The molecule has 0 saturated heterocycles. The van der Waals surface area contributed by atoms with Crippen molar-refractivity contribution in [1.29, 1.82) is 0 Å². The normalized spacial score (nSPS) is 13.8. The van der Waals surface area contributed by atoms with Crippen molar-refractivity contribution in [3.63, 3.8) is 0 Å². The average Bonchev–Trinajstić information content (AvgIpc) is 2.44. The van der Waals surface area contributed by atoms with Crippen LogP contribution in [-0.2, 0) is 12.0 Å². The molecule has 0 bridgehead atoms. The third-order valence-electron chi connectivity index (χ3n) is 3.98. The van der Waals surface area contributed by atoms with Crippen LogP contribution in [0, 0.1) is 13.8 Å². The van der Waals surface area contributed by atoms with Gasteiger partial charge in [0, 0.05) is 10.0 Å². The van der Waals surface area contributed by atoms with Crippen molar-refractivity contribution in [2.45, 2.75) is 32.7 Å². The van der Waals surface area contributed by atoms with Gasteiger partial charge in [-0.2, -0.15) is 0 Å². The quantitative estimate of drug-likeness (QED) is 0.884. The van der Waals surface area contributed by atoms with Crippen molar-refractivity contribution in [1.82, 2.24) is 0 Å². The Morgan fingerprint density at radius 3 is 2.43 bits per heavy atom. The Bertz CT molecular complexity index is 650. The van der Waals surface area contributed by atoms with Crippen LogP contribution in [0.4, 0.5) is 0 Å². The lowest BCUT2D eigenvalue weighted by molar-refractivity contribution is 0.413. The fourth-order valence-electron chi connectivity index (χ4n) is 2.41. The molecule has 1 unspecified atom stereocenters. The summed E-state index contributed by atoms with van der Waals surface area (Å²) in [6, 6.07) is 12.4. The third-order valence-corrected chi connectivity index (χ3v) is 4.75. The van der Waals surface area contributed by atoms with Crippen LogP contribution in [0.15, 0.2) is 40.9 Å². The first kappa shape index (κ1) is 16.1. The van der Waals surface area contributed by atoms with Gasteiger partial charge in [-0.1, -0.05) is 34.1 Å². The molecule has 3 heteroatoms. The number of halogens is 1. The molecular weight excluding hydrogens is 326 g/mol. The Labute approximate surface area is 135 Å². The Hall–Kier alpha value is -1.32. The van der Waals surface area contributed by atoms with E-state index in [1.807, 2.05) is 18.2 Å². The van der Waals surface area contributed by atoms with Crippen molar-refractivity contribution < 1.29 is 4.74 Å². The molecule has 0 heterocycles. The molecule has 0 aromatic heterocycles. The number of methoxy groups -OCH3 is 1.